The second-order valence-electron chi connectivity index (χ2n) is 6.48. The number of benzene rings is 2. The molecule has 3 rings (SSSR count). The van der Waals surface area contributed by atoms with Crippen molar-refractivity contribution in [2.45, 2.75) is 6.61 Å². The maximum absolute atomic E-state index is 12.5. The summed E-state index contributed by atoms with van der Waals surface area (Å²) in [6.45, 7) is 0.989. The smallest absolute Gasteiger partial charge is 0.335 e. The topological polar surface area (TPSA) is 92.0 Å². The van der Waals surface area contributed by atoms with Crippen molar-refractivity contribution >= 4 is 28.5 Å². The van der Waals surface area contributed by atoms with Crippen molar-refractivity contribution in [2.24, 2.45) is 0 Å². The van der Waals surface area contributed by atoms with E-state index < -0.39 is 5.97 Å². The molecule has 2 aromatic carbocycles. The van der Waals surface area contributed by atoms with E-state index in [2.05, 4.69) is 5.32 Å². The first kappa shape index (κ1) is 19.4. The summed E-state index contributed by atoms with van der Waals surface area (Å²) in [5.41, 5.74) is 2.51. The number of carbonyl (C=O) groups is 2. The molecule has 0 aliphatic rings. The number of para-hydroxylation sites is 1. The van der Waals surface area contributed by atoms with Crippen LogP contribution in [-0.2, 0) is 11.3 Å². The standard InChI is InChI=1S/C21H22N2O5/c1-23(2)18-16-5-3-4-6-17(16)28-19(18)20(24)22-11-12-27-13-14-7-9-15(10-8-14)21(25)26/h3-10H,11-13H2,1-2H3,(H,22,24)(H,25,26). The van der Waals surface area contributed by atoms with Crippen LogP contribution in [0, 0.1) is 0 Å². The van der Waals surface area contributed by atoms with Gasteiger partial charge in [-0.3, -0.25) is 4.79 Å². The third kappa shape index (κ3) is 4.32. The molecule has 0 fully saturated rings. The number of aromatic carboxylic acids is 1. The Bertz CT molecular complexity index is 976. The summed E-state index contributed by atoms with van der Waals surface area (Å²) in [6.07, 6.45) is 0. The number of carboxylic acid groups (broad SMARTS) is 1. The van der Waals surface area contributed by atoms with Crippen molar-refractivity contribution in [1.82, 2.24) is 5.32 Å². The molecule has 0 spiro atoms. The van der Waals surface area contributed by atoms with Crippen molar-refractivity contribution in [2.75, 3.05) is 32.1 Å². The summed E-state index contributed by atoms with van der Waals surface area (Å²) in [7, 11) is 3.74. The first-order valence-corrected chi connectivity index (χ1v) is 8.84. The number of rotatable bonds is 8. The molecule has 0 atom stereocenters. The van der Waals surface area contributed by atoms with Gasteiger partial charge in [-0.15, -0.1) is 0 Å². The van der Waals surface area contributed by atoms with E-state index in [1.165, 1.54) is 12.1 Å². The van der Waals surface area contributed by atoms with Crippen molar-refractivity contribution in [3.05, 3.63) is 65.4 Å². The van der Waals surface area contributed by atoms with Crippen LogP contribution in [0.4, 0.5) is 5.69 Å². The molecule has 0 radical (unpaired) electrons. The zero-order valence-electron chi connectivity index (χ0n) is 15.8. The Hall–Kier alpha value is -3.32. The van der Waals surface area contributed by atoms with E-state index in [4.69, 9.17) is 14.3 Å². The molecule has 0 aliphatic carbocycles. The summed E-state index contributed by atoms with van der Waals surface area (Å²) in [5.74, 6) is -0.984. The molecule has 2 N–H and O–H groups in total. The van der Waals surface area contributed by atoms with Crippen LogP contribution in [0.15, 0.2) is 52.9 Å². The molecule has 146 valence electrons. The van der Waals surface area contributed by atoms with Gasteiger partial charge >= 0.3 is 5.97 Å². The van der Waals surface area contributed by atoms with Crippen LogP contribution in [0.1, 0.15) is 26.5 Å². The molecular weight excluding hydrogens is 360 g/mol. The van der Waals surface area contributed by atoms with Crippen LogP contribution >= 0.6 is 0 Å². The van der Waals surface area contributed by atoms with Crippen molar-refractivity contribution in [1.29, 1.82) is 0 Å². The normalized spacial score (nSPS) is 10.8. The minimum atomic E-state index is -0.960. The maximum atomic E-state index is 12.5. The van der Waals surface area contributed by atoms with Crippen LogP contribution in [0.5, 0.6) is 0 Å². The molecule has 7 nitrogen and oxygen atoms in total. The lowest BCUT2D eigenvalue weighted by atomic mass is 10.1. The second kappa shape index (κ2) is 8.58. The third-order valence-corrected chi connectivity index (χ3v) is 4.22. The molecule has 1 amide bonds. The van der Waals surface area contributed by atoms with Gasteiger partial charge in [-0.25, -0.2) is 4.79 Å². The van der Waals surface area contributed by atoms with Crippen LogP contribution in [0.25, 0.3) is 11.0 Å². The summed E-state index contributed by atoms with van der Waals surface area (Å²) in [6, 6.07) is 14.0. The fraction of sp³-hybridized carbons (Fsp3) is 0.238. The van der Waals surface area contributed by atoms with Crippen molar-refractivity contribution < 1.29 is 23.8 Å². The molecule has 0 saturated heterocycles. The predicted octanol–water partition coefficient (Wildman–Crippen LogP) is 3.14. The van der Waals surface area contributed by atoms with Gasteiger partial charge in [-0.05, 0) is 29.8 Å². The van der Waals surface area contributed by atoms with Gasteiger partial charge < -0.3 is 24.5 Å². The van der Waals surface area contributed by atoms with Gasteiger partial charge in [0.25, 0.3) is 5.91 Å². The van der Waals surface area contributed by atoms with Crippen LogP contribution in [0.3, 0.4) is 0 Å². The van der Waals surface area contributed by atoms with Crippen LogP contribution in [-0.4, -0.2) is 44.2 Å². The fourth-order valence-corrected chi connectivity index (χ4v) is 2.88. The van der Waals surface area contributed by atoms with Crippen LogP contribution in [0.2, 0.25) is 0 Å². The van der Waals surface area contributed by atoms with Gasteiger partial charge in [0.1, 0.15) is 5.58 Å². The Morgan fingerprint density at radius 3 is 2.50 bits per heavy atom. The molecule has 0 aliphatic heterocycles. The molecule has 0 saturated carbocycles. The molecule has 1 aromatic heterocycles. The number of amides is 1. The third-order valence-electron chi connectivity index (χ3n) is 4.22. The van der Waals surface area contributed by atoms with Gasteiger partial charge in [-0.1, -0.05) is 24.3 Å². The number of carboxylic acids is 1. The van der Waals surface area contributed by atoms with Gasteiger partial charge in [0.05, 0.1) is 24.5 Å². The number of ether oxygens (including phenoxy) is 1. The maximum Gasteiger partial charge on any atom is 0.335 e. The second-order valence-corrected chi connectivity index (χ2v) is 6.48. The van der Waals surface area contributed by atoms with Gasteiger partial charge in [0.2, 0.25) is 5.76 Å². The highest BCUT2D eigenvalue weighted by atomic mass is 16.5. The highest BCUT2D eigenvalue weighted by Crippen LogP contribution is 2.32. The molecular formula is C21H22N2O5. The Balaban J connectivity index is 1.53. The highest BCUT2D eigenvalue weighted by Gasteiger charge is 2.21. The monoisotopic (exact) mass is 382 g/mol. The summed E-state index contributed by atoms with van der Waals surface area (Å²) < 4.78 is 11.3. The molecule has 7 heteroatoms. The molecule has 3 aromatic rings. The van der Waals surface area contributed by atoms with Gasteiger partial charge in [0.15, 0.2) is 0 Å². The summed E-state index contributed by atoms with van der Waals surface area (Å²) in [5, 5.41) is 12.6. The SMILES string of the molecule is CN(C)c1c(C(=O)NCCOCc2ccc(C(=O)O)cc2)oc2ccccc12. The lowest BCUT2D eigenvalue weighted by Crippen LogP contribution is -2.28. The number of hydrogen-bond acceptors (Lipinski definition) is 5. The summed E-state index contributed by atoms with van der Waals surface area (Å²) in [4.78, 5) is 25.2. The molecule has 0 bridgehead atoms. The van der Waals surface area contributed by atoms with E-state index in [9.17, 15) is 9.59 Å². The van der Waals surface area contributed by atoms with Gasteiger partial charge in [-0.2, -0.15) is 0 Å². The quantitative estimate of drug-likeness (QED) is 0.582. The molecule has 0 unspecified atom stereocenters. The van der Waals surface area contributed by atoms with E-state index in [0.717, 1.165) is 16.6 Å². The van der Waals surface area contributed by atoms with Crippen molar-refractivity contribution in [3.8, 4) is 0 Å². The highest BCUT2D eigenvalue weighted by molar-refractivity contribution is 6.06. The Morgan fingerprint density at radius 2 is 1.82 bits per heavy atom. The molecule has 1 heterocycles. The molecule has 28 heavy (non-hydrogen) atoms. The predicted molar refractivity (Wildman–Crippen MR) is 106 cm³/mol. The first-order chi connectivity index (χ1) is 13.5. The largest absolute Gasteiger partial charge is 0.478 e. The first-order valence-electron chi connectivity index (χ1n) is 8.84. The Kier molecular flexibility index (Phi) is 5.96. The number of carbonyl (C=O) groups excluding carboxylic acids is 1. The number of fused-ring (bicyclic) bond motifs is 1. The zero-order valence-corrected chi connectivity index (χ0v) is 15.8. The number of nitrogens with one attached hydrogen (secondary N) is 1. The average Bonchev–Trinajstić information content (AvgIpc) is 3.08. The Labute approximate surface area is 162 Å². The van der Waals surface area contributed by atoms with Crippen molar-refractivity contribution in [3.63, 3.8) is 0 Å². The van der Waals surface area contributed by atoms with E-state index in [1.54, 1.807) is 12.1 Å². The van der Waals surface area contributed by atoms with Gasteiger partial charge in [0, 0.05) is 26.0 Å². The average molecular weight is 382 g/mol. The van der Waals surface area contributed by atoms with E-state index in [0.29, 0.717) is 25.3 Å². The lowest BCUT2D eigenvalue weighted by Gasteiger charge is -2.12. The minimum Gasteiger partial charge on any atom is -0.478 e. The number of furan rings is 1. The fourth-order valence-electron chi connectivity index (χ4n) is 2.88. The number of nitrogens with zero attached hydrogens (tertiary/aromatic N) is 1. The van der Waals surface area contributed by atoms with E-state index >= 15 is 0 Å². The minimum absolute atomic E-state index is 0.235. The van der Waals surface area contributed by atoms with E-state index in [1.807, 2.05) is 43.3 Å². The zero-order chi connectivity index (χ0) is 20.1. The number of hydrogen-bond donors (Lipinski definition) is 2. The summed E-state index contributed by atoms with van der Waals surface area (Å²) >= 11 is 0. The van der Waals surface area contributed by atoms with E-state index in [-0.39, 0.29) is 17.2 Å². The van der Waals surface area contributed by atoms with Crippen LogP contribution < -0.4 is 10.2 Å². The Morgan fingerprint density at radius 1 is 1.11 bits per heavy atom. The lowest BCUT2D eigenvalue weighted by molar-refractivity contribution is 0.0696. The number of anilines is 1.